The van der Waals surface area contributed by atoms with Gasteiger partial charge in [-0.1, -0.05) is 43.8 Å². The largest absolute Gasteiger partial charge is 0.497 e. The van der Waals surface area contributed by atoms with E-state index in [4.69, 9.17) is 4.74 Å². The number of likely N-dealkylation sites (tertiary alicyclic amines) is 1. The first-order chi connectivity index (χ1) is 16.4. The third-order valence-electron chi connectivity index (χ3n) is 6.59. The molecule has 1 amide bonds. The first-order valence-electron chi connectivity index (χ1n) is 12.0. The van der Waals surface area contributed by atoms with Gasteiger partial charge in [0.25, 0.3) is 0 Å². The molecule has 4 rings (SSSR count). The molecule has 0 spiro atoms. The van der Waals surface area contributed by atoms with Crippen LogP contribution >= 0.6 is 11.8 Å². The van der Waals surface area contributed by atoms with E-state index in [0.717, 1.165) is 40.8 Å². The van der Waals surface area contributed by atoms with E-state index in [9.17, 15) is 4.79 Å². The SMILES string of the molecule is COc1ccc(-c2nnc(SCC(=O)N3C(C)CCCC3C)n2-c2ccccc2C(C)C)cc1. The summed E-state index contributed by atoms with van der Waals surface area (Å²) in [5.74, 6) is 2.39. The second-order valence-electron chi connectivity index (χ2n) is 9.30. The van der Waals surface area contributed by atoms with Crippen molar-refractivity contribution in [2.24, 2.45) is 0 Å². The zero-order chi connectivity index (χ0) is 24.2. The summed E-state index contributed by atoms with van der Waals surface area (Å²) in [6.45, 7) is 8.68. The molecule has 180 valence electrons. The Bertz CT molecular complexity index is 1120. The van der Waals surface area contributed by atoms with Gasteiger partial charge in [-0.25, -0.2) is 0 Å². The minimum absolute atomic E-state index is 0.169. The highest BCUT2D eigenvalue weighted by molar-refractivity contribution is 7.99. The van der Waals surface area contributed by atoms with Gasteiger partial charge >= 0.3 is 0 Å². The highest BCUT2D eigenvalue weighted by Gasteiger charge is 2.29. The van der Waals surface area contributed by atoms with Crippen LogP contribution in [0, 0.1) is 0 Å². The summed E-state index contributed by atoms with van der Waals surface area (Å²) in [5.41, 5.74) is 3.20. The number of methoxy groups -OCH3 is 1. The smallest absolute Gasteiger partial charge is 0.233 e. The number of piperidine rings is 1. The molecule has 6 nitrogen and oxygen atoms in total. The number of hydrogen-bond acceptors (Lipinski definition) is 5. The molecule has 1 aromatic heterocycles. The van der Waals surface area contributed by atoms with Gasteiger partial charge in [-0.3, -0.25) is 9.36 Å². The van der Waals surface area contributed by atoms with Crippen LogP contribution < -0.4 is 4.74 Å². The van der Waals surface area contributed by atoms with Crippen LogP contribution in [0.15, 0.2) is 53.7 Å². The van der Waals surface area contributed by atoms with Crippen molar-refractivity contribution < 1.29 is 9.53 Å². The lowest BCUT2D eigenvalue weighted by atomic mass is 9.98. The van der Waals surface area contributed by atoms with E-state index in [2.05, 4.69) is 65.6 Å². The Morgan fingerprint density at radius 1 is 1.06 bits per heavy atom. The van der Waals surface area contributed by atoms with Gasteiger partial charge in [0.05, 0.1) is 18.6 Å². The lowest BCUT2D eigenvalue weighted by Crippen LogP contribution is -2.48. The summed E-state index contributed by atoms with van der Waals surface area (Å²) < 4.78 is 7.42. The monoisotopic (exact) mass is 478 g/mol. The number of carbonyl (C=O) groups is 1. The van der Waals surface area contributed by atoms with Crippen molar-refractivity contribution in [2.45, 2.75) is 70.1 Å². The third-order valence-corrected chi connectivity index (χ3v) is 7.50. The van der Waals surface area contributed by atoms with E-state index in [1.54, 1.807) is 7.11 Å². The fourth-order valence-electron chi connectivity index (χ4n) is 4.80. The van der Waals surface area contributed by atoms with Crippen LogP contribution in [0.4, 0.5) is 0 Å². The maximum absolute atomic E-state index is 13.2. The van der Waals surface area contributed by atoms with Crippen LogP contribution in [0.25, 0.3) is 17.1 Å². The quantitative estimate of drug-likeness (QED) is 0.393. The molecule has 0 radical (unpaired) electrons. The lowest BCUT2D eigenvalue weighted by molar-refractivity contribution is -0.134. The topological polar surface area (TPSA) is 60.3 Å². The van der Waals surface area contributed by atoms with Crippen LogP contribution in [0.5, 0.6) is 5.75 Å². The van der Waals surface area contributed by atoms with Crippen LogP contribution in [-0.4, -0.2) is 50.5 Å². The summed E-state index contributed by atoms with van der Waals surface area (Å²) in [4.78, 5) is 15.3. The lowest BCUT2D eigenvalue weighted by Gasteiger charge is -2.39. The summed E-state index contributed by atoms with van der Waals surface area (Å²) in [6, 6.07) is 16.8. The van der Waals surface area contributed by atoms with E-state index in [0.29, 0.717) is 11.7 Å². The number of ether oxygens (including phenoxy) is 1. The molecule has 0 N–H and O–H groups in total. The van der Waals surface area contributed by atoms with Gasteiger partial charge < -0.3 is 9.64 Å². The molecule has 0 bridgehead atoms. The Labute approximate surface area is 206 Å². The first-order valence-corrected chi connectivity index (χ1v) is 13.0. The second-order valence-corrected chi connectivity index (χ2v) is 10.2. The van der Waals surface area contributed by atoms with Crippen LogP contribution in [0.1, 0.15) is 58.4 Å². The van der Waals surface area contributed by atoms with E-state index < -0.39 is 0 Å². The average Bonchev–Trinajstić information content (AvgIpc) is 3.26. The van der Waals surface area contributed by atoms with Crippen molar-refractivity contribution in [2.75, 3.05) is 12.9 Å². The zero-order valence-corrected chi connectivity index (χ0v) is 21.5. The van der Waals surface area contributed by atoms with Gasteiger partial charge in [0.15, 0.2) is 11.0 Å². The van der Waals surface area contributed by atoms with Crippen molar-refractivity contribution >= 4 is 17.7 Å². The normalized spacial score (nSPS) is 18.4. The second kappa shape index (κ2) is 10.6. The van der Waals surface area contributed by atoms with E-state index in [1.165, 1.54) is 23.7 Å². The molecule has 2 aromatic carbocycles. The summed E-state index contributed by atoms with van der Waals surface area (Å²) in [5, 5.41) is 9.83. The van der Waals surface area contributed by atoms with Gasteiger partial charge in [0.1, 0.15) is 5.75 Å². The number of amides is 1. The molecule has 1 fully saturated rings. The highest BCUT2D eigenvalue weighted by atomic mass is 32.2. The van der Waals surface area contributed by atoms with Gasteiger partial charge in [-0.2, -0.15) is 0 Å². The van der Waals surface area contributed by atoms with Gasteiger partial charge in [0, 0.05) is 17.6 Å². The number of carbonyl (C=O) groups excluding carboxylic acids is 1. The van der Waals surface area contributed by atoms with Crippen LogP contribution in [-0.2, 0) is 4.79 Å². The predicted octanol–water partition coefficient (Wildman–Crippen LogP) is 5.95. The zero-order valence-electron chi connectivity index (χ0n) is 20.7. The summed E-state index contributed by atoms with van der Waals surface area (Å²) in [6.07, 6.45) is 3.32. The Hall–Kier alpha value is -2.80. The summed E-state index contributed by atoms with van der Waals surface area (Å²) in [7, 11) is 1.66. The standard InChI is InChI=1S/C27H34N4O2S/c1-18(2)23-11-6-7-12-24(23)31-26(21-13-15-22(33-5)16-14-21)28-29-27(31)34-17-25(32)30-19(3)9-8-10-20(30)4/h6-7,11-16,18-20H,8-10,17H2,1-5H3. The van der Waals surface area contributed by atoms with Gasteiger partial charge in [0.2, 0.25) is 5.91 Å². The van der Waals surface area contributed by atoms with Crippen molar-refractivity contribution in [1.29, 1.82) is 0 Å². The maximum Gasteiger partial charge on any atom is 0.233 e. The predicted molar refractivity (Wildman–Crippen MR) is 138 cm³/mol. The molecular weight excluding hydrogens is 444 g/mol. The van der Waals surface area contributed by atoms with Crippen LogP contribution in [0.3, 0.4) is 0 Å². The van der Waals surface area contributed by atoms with Crippen LogP contribution in [0.2, 0.25) is 0 Å². The highest BCUT2D eigenvalue weighted by Crippen LogP contribution is 2.33. The third kappa shape index (κ3) is 4.99. The number of nitrogens with zero attached hydrogens (tertiary/aromatic N) is 4. The minimum atomic E-state index is 0.169. The Kier molecular flexibility index (Phi) is 7.61. The molecule has 1 saturated heterocycles. The molecule has 2 heterocycles. The van der Waals surface area contributed by atoms with Crippen molar-refractivity contribution in [3.8, 4) is 22.8 Å². The molecule has 1 aliphatic rings. The molecule has 2 atom stereocenters. The number of rotatable bonds is 7. The molecule has 7 heteroatoms. The summed E-state index contributed by atoms with van der Waals surface area (Å²) >= 11 is 1.46. The van der Waals surface area contributed by atoms with E-state index in [-0.39, 0.29) is 18.0 Å². The molecule has 3 aromatic rings. The van der Waals surface area contributed by atoms with Crippen molar-refractivity contribution in [3.63, 3.8) is 0 Å². The van der Waals surface area contributed by atoms with E-state index >= 15 is 0 Å². The Morgan fingerprint density at radius 3 is 2.38 bits per heavy atom. The number of aromatic nitrogens is 3. The average molecular weight is 479 g/mol. The van der Waals surface area contributed by atoms with Gasteiger partial charge in [-0.05, 0) is 74.9 Å². The fourth-order valence-corrected chi connectivity index (χ4v) is 5.61. The van der Waals surface area contributed by atoms with Crippen molar-refractivity contribution in [3.05, 3.63) is 54.1 Å². The molecule has 1 aliphatic heterocycles. The Balaban J connectivity index is 1.70. The molecule has 2 unspecified atom stereocenters. The molecule has 0 aliphatic carbocycles. The number of hydrogen-bond donors (Lipinski definition) is 0. The first kappa shape index (κ1) is 24.3. The van der Waals surface area contributed by atoms with Crippen molar-refractivity contribution in [1.82, 2.24) is 19.7 Å². The maximum atomic E-state index is 13.2. The Morgan fingerprint density at radius 2 is 1.74 bits per heavy atom. The number of para-hydroxylation sites is 1. The molecular formula is C27H34N4O2S. The fraction of sp³-hybridized carbons (Fsp3) is 0.444. The number of benzene rings is 2. The molecule has 34 heavy (non-hydrogen) atoms. The number of thioether (sulfide) groups is 1. The van der Waals surface area contributed by atoms with Gasteiger partial charge in [-0.15, -0.1) is 10.2 Å². The minimum Gasteiger partial charge on any atom is -0.497 e. The van der Waals surface area contributed by atoms with E-state index in [1.807, 2.05) is 30.3 Å². The molecule has 0 saturated carbocycles.